The van der Waals surface area contributed by atoms with Gasteiger partial charge in [-0.3, -0.25) is 14.5 Å². The molecule has 3 aromatic carbocycles. The summed E-state index contributed by atoms with van der Waals surface area (Å²) in [5.74, 6) is 1.28. The van der Waals surface area contributed by atoms with Gasteiger partial charge in [0.15, 0.2) is 17.6 Å². The van der Waals surface area contributed by atoms with Crippen LogP contribution in [0, 0.1) is 5.92 Å². The Balaban J connectivity index is 0.952. The molecule has 0 radical (unpaired) electrons. The topological polar surface area (TPSA) is 88.5 Å². The van der Waals surface area contributed by atoms with E-state index in [2.05, 4.69) is 4.90 Å². The van der Waals surface area contributed by atoms with Crippen molar-refractivity contribution in [3.05, 3.63) is 71.8 Å². The third-order valence-corrected chi connectivity index (χ3v) is 7.65. The Morgan fingerprint density at radius 3 is 2.32 bits per heavy atom. The zero-order valence-corrected chi connectivity index (χ0v) is 21.3. The summed E-state index contributed by atoms with van der Waals surface area (Å²) in [4.78, 5) is 30.1. The van der Waals surface area contributed by atoms with Gasteiger partial charge in [-0.1, -0.05) is 36.4 Å². The number of likely N-dealkylation sites (tertiary alicyclic amines) is 1. The lowest BCUT2D eigenvalue weighted by molar-refractivity contribution is -0.0312. The molecule has 1 saturated heterocycles. The third kappa shape index (κ3) is 4.99. The van der Waals surface area contributed by atoms with Crippen LogP contribution in [0.4, 0.5) is 0 Å². The van der Waals surface area contributed by atoms with Gasteiger partial charge >= 0.3 is 0 Å². The van der Waals surface area contributed by atoms with Crippen molar-refractivity contribution in [1.82, 2.24) is 9.80 Å². The van der Waals surface area contributed by atoms with Crippen LogP contribution >= 0.6 is 0 Å². The van der Waals surface area contributed by atoms with E-state index in [1.807, 2.05) is 60.7 Å². The molecule has 0 spiro atoms. The van der Waals surface area contributed by atoms with Gasteiger partial charge in [0.2, 0.25) is 0 Å². The monoisotopic (exact) mass is 516 g/mol. The number of aliphatic hydroxyl groups is 1. The average Bonchev–Trinajstić information content (AvgIpc) is 2.95. The molecule has 3 heterocycles. The van der Waals surface area contributed by atoms with Crippen LogP contribution in [-0.4, -0.2) is 84.9 Å². The molecule has 0 unspecified atom stereocenters. The number of nitrogens with zero attached hydrogens (tertiary/aromatic N) is 2. The van der Waals surface area contributed by atoms with E-state index in [-0.39, 0.29) is 30.4 Å². The van der Waals surface area contributed by atoms with Crippen molar-refractivity contribution in [3.63, 3.8) is 0 Å². The molecule has 0 aromatic heterocycles. The highest BCUT2D eigenvalue weighted by Gasteiger charge is 2.35. The molecule has 198 valence electrons. The summed E-state index contributed by atoms with van der Waals surface area (Å²) >= 11 is 0. The number of hydrogen-bond donors (Lipinski definition) is 1. The second-order valence-corrected chi connectivity index (χ2v) is 10.4. The number of piperidine rings is 1. The number of ether oxygens (including phenoxy) is 3. The first kappa shape index (κ1) is 24.9. The van der Waals surface area contributed by atoms with Crippen molar-refractivity contribution in [1.29, 1.82) is 0 Å². The predicted octanol–water partition coefficient (Wildman–Crippen LogP) is 3.37. The Hall–Kier alpha value is -3.46. The van der Waals surface area contributed by atoms with Crippen molar-refractivity contribution in [2.24, 2.45) is 5.92 Å². The molecule has 1 N–H and O–H groups in total. The van der Waals surface area contributed by atoms with Gasteiger partial charge < -0.3 is 24.2 Å². The number of rotatable bonds is 8. The minimum atomic E-state index is -0.606. The summed E-state index contributed by atoms with van der Waals surface area (Å²) in [7, 11) is 0. The van der Waals surface area contributed by atoms with Crippen LogP contribution in [0.5, 0.6) is 11.5 Å². The zero-order chi connectivity index (χ0) is 26.1. The second-order valence-electron chi connectivity index (χ2n) is 10.4. The molecular formula is C30H32N2O6. The van der Waals surface area contributed by atoms with Gasteiger partial charge in [0.1, 0.15) is 6.61 Å². The van der Waals surface area contributed by atoms with Crippen LogP contribution in [-0.2, 0) is 4.74 Å². The second kappa shape index (κ2) is 10.7. The van der Waals surface area contributed by atoms with Gasteiger partial charge in [0.25, 0.3) is 11.8 Å². The van der Waals surface area contributed by atoms with Crippen molar-refractivity contribution >= 4 is 22.6 Å². The predicted molar refractivity (Wildman–Crippen MR) is 142 cm³/mol. The summed E-state index contributed by atoms with van der Waals surface area (Å²) in [6.07, 6.45) is 0.921. The number of fused-ring (bicyclic) bond motifs is 1. The fraction of sp³-hybridized carbons (Fsp3) is 0.400. The number of aliphatic hydroxyl groups excluding tert-OH is 1. The smallest absolute Gasteiger partial charge is 0.261 e. The fourth-order valence-electron chi connectivity index (χ4n) is 5.69. The van der Waals surface area contributed by atoms with Gasteiger partial charge in [-0.2, -0.15) is 0 Å². The first-order valence-corrected chi connectivity index (χ1v) is 13.3. The average molecular weight is 517 g/mol. The number of amides is 2. The first-order chi connectivity index (χ1) is 18.6. The maximum Gasteiger partial charge on any atom is 0.261 e. The van der Waals surface area contributed by atoms with Gasteiger partial charge in [-0.15, -0.1) is 0 Å². The third-order valence-electron chi connectivity index (χ3n) is 7.65. The number of benzene rings is 3. The summed E-state index contributed by atoms with van der Waals surface area (Å²) < 4.78 is 17.3. The minimum absolute atomic E-state index is 0.202. The van der Waals surface area contributed by atoms with E-state index >= 15 is 0 Å². The molecule has 2 amide bonds. The van der Waals surface area contributed by atoms with Crippen LogP contribution in [0.3, 0.4) is 0 Å². The normalized spacial score (nSPS) is 20.7. The lowest BCUT2D eigenvalue weighted by Crippen LogP contribution is -2.46. The number of para-hydroxylation sites is 2. The highest BCUT2D eigenvalue weighted by atomic mass is 16.6. The number of imide groups is 1. The van der Waals surface area contributed by atoms with Crippen LogP contribution in [0.25, 0.3) is 10.8 Å². The van der Waals surface area contributed by atoms with Gasteiger partial charge in [-0.05, 0) is 61.5 Å². The lowest BCUT2D eigenvalue weighted by Gasteiger charge is -2.36. The lowest BCUT2D eigenvalue weighted by atomic mass is 9.91. The molecule has 0 saturated carbocycles. The Labute approximate surface area is 221 Å². The Bertz CT molecular complexity index is 1280. The first-order valence-electron chi connectivity index (χ1n) is 13.3. The highest BCUT2D eigenvalue weighted by Crippen LogP contribution is 2.32. The number of carbonyl (C=O) groups is 2. The Morgan fingerprint density at radius 1 is 0.921 bits per heavy atom. The molecule has 8 nitrogen and oxygen atoms in total. The van der Waals surface area contributed by atoms with E-state index in [4.69, 9.17) is 14.2 Å². The minimum Gasteiger partial charge on any atom is -0.486 e. The van der Waals surface area contributed by atoms with Crippen LogP contribution in [0.2, 0.25) is 0 Å². The SMILES string of the molecule is O=C1c2cccc3cccc(c23)C(=O)N1CC1CCN(C[C@@H](O)COC[C@H]2COc3ccccc3O2)CC1. The molecule has 0 bridgehead atoms. The molecule has 3 aromatic rings. The van der Waals surface area contributed by atoms with Crippen molar-refractivity contribution in [2.45, 2.75) is 25.0 Å². The van der Waals surface area contributed by atoms with E-state index in [0.717, 1.165) is 42.5 Å². The number of carbonyl (C=O) groups excluding carboxylic acids is 2. The van der Waals surface area contributed by atoms with Gasteiger partial charge in [-0.25, -0.2) is 0 Å². The van der Waals surface area contributed by atoms with E-state index in [1.54, 1.807) is 0 Å². The van der Waals surface area contributed by atoms with Crippen LogP contribution < -0.4 is 9.47 Å². The van der Waals surface area contributed by atoms with Gasteiger partial charge in [0, 0.05) is 29.6 Å². The van der Waals surface area contributed by atoms with Crippen molar-refractivity contribution in [3.8, 4) is 11.5 Å². The quantitative estimate of drug-likeness (QED) is 0.460. The van der Waals surface area contributed by atoms with E-state index < -0.39 is 6.10 Å². The number of β-amino-alcohol motifs (C(OH)–C–C–N with tert-alkyl or cyclic N) is 1. The molecule has 8 heteroatoms. The zero-order valence-electron chi connectivity index (χ0n) is 21.3. The van der Waals surface area contributed by atoms with Crippen LogP contribution in [0.15, 0.2) is 60.7 Å². The largest absolute Gasteiger partial charge is 0.486 e. The molecule has 0 aliphatic carbocycles. The number of hydrogen-bond acceptors (Lipinski definition) is 7. The van der Waals surface area contributed by atoms with Crippen molar-refractivity contribution < 1.29 is 28.9 Å². The van der Waals surface area contributed by atoms with E-state index in [9.17, 15) is 14.7 Å². The molecule has 6 rings (SSSR count). The molecular weight excluding hydrogens is 484 g/mol. The molecule has 2 atom stereocenters. The Morgan fingerprint density at radius 2 is 1.61 bits per heavy atom. The molecule has 38 heavy (non-hydrogen) atoms. The molecule has 3 aliphatic heterocycles. The van der Waals surface area contributed by atoms with Gasteiger partial charge in [0.05, 0.1) is 19.3 Å². The summed E-state index contributed by atoms with van der Waals surface area (Å²) in [6.45, 7) is 3.55. The van der Waals surface area contributed by atoms with Crippen LogP contribution in [0.1, 0.15) is 33.6 Å². The standard InChI is InChI=1S/C30H32N2O6/c33-22(17-36-18-23-19-37-26-9-1-2-10-27(26)38-23)16-31-13-11-20(12-14-31)15-32-29(34)24-7-3-5-21-6-4-8-25(28(21)24)30(32)35/h1-10,20,22-23,33H,11-19H2/t22-,23+/m1/s1. The summed E-state index contributed by atoms with van der Waals surface area (Å²) in [5.41, 5.74) is 1.21. The molecule has 3 aliphatic rings. The fourth-order valence-corrected chi connectivity index (χ4v) is 5.69. The van der Waals surface area contributed by atoms with Crippen molar-refractivity contribution in [2.75, 3.05) is 46.0 Å². The highest BCUT2D eigenvalue weighted by molar-refractivity contribution is 6.25. The maximum absolute atomic E-state index is 13.2. The molecule has 1 fully saturated rings. The summed E-state index contributed by atoms with van der Waals surface area (Å²) in [5, 5.41) is 12.2. The maximum atomic E-state index is 13.2. The Kier molecular flexibility index (Phi) is 7.02. The van der Waals surface area contributed by atoms with E-state index in [0.29, 0.717) is 43.2 Å². The summed E-state index contributed by atoms with van der Waals surface area (Å²) in [6, 6.07) is 18.8. The van der Waals surface area contributed by atoms with E-state index in [1.165, 1.54) is 4.90 Å².